The summed E-state index contributed by atoms with van der Waals surface area (Å²) < 4.78 is 10.4. The van der Waals surface area contributed by atoms with E-state index in [1.54, 1.807) is 14.2 Å². The molecule has 8 heteroatoms. The average molecular weight is 250 g/mol. The van der Waals surface area contributed by atoms with Gasteiger partial charge in [0.1, 0.15) is 0 Å². The summed E-state index contributed by atoms with van der Waals surface area (Å²) in [7, 11) is 3.19. The van der Waals surface area contributed by atoms with Gasteiger partial charge in [0.2, 0.25) is 0 Å². The van der Waals surface area contributed by atoms with Crippen molar-refractivity contribution in [1.29, 1.82) is 0 Å². The molecule has 0 saturated heterocycles. The van der Waals surface area contributed by atoms with Gasteiger partial charge in [-0.1, -0.05) is 11.2 Å². The third kappa shape index (κ3) is 2.42. The van der Waals surface area contributed by atoms with Crippen molar-refractivity contribution in [3.8, 4) is 11.5 Å². The van der Waals surface area contributed by atoms with E-state index in [1.165, 1.54) is 4.79 Å². The number of nitrogen functional groups attached to an aromatic ring is 1. The number of aromatic nitrogens is 4. The van der Waals surface area contributed by atoms with Crippen molar-refractivity contribution in [2.24, 2.45) is 0 Å². The summed E-state index contributed by atoms with van der Waals surface area (Å²) >= 11 is 0. The van der Waals surface area contributed by atoms with E-state index in [0.717, 1.165) is 5.56 Å². The lowest BCUT2D eigenvalue weighted by Crippen LogP contribution is -2.18. The molecule has 0 amide bonds. The van der Waals surface area contributed by atoms with Crippen LogP contribution >= 0.6 is 0 Å². The second kappa shape index (κ2) is 5.21. The number of hydrogen-bond acceptors (Lipinski definition) is 7. The first-order chi connectivity index (χ1) is 8.74. The molecular weight excluding hydrogens is 236 g/mol. The van der Waals surface area contributed by atoms with E-state index in [0.29, 0.717) is 18.0 Å². The largest absolute Gasteiger partial charge is 0.493 e. The maximum atomic E-state index is 5.53. The van der Waals surface area contributed by atoms with Gasteiger partial charge in [0.15, 0.2) is 11.5 Å². The van der Waals surface area contributed by atoms with Crippen LogP contribution in [0.15, 0.2) is 18.2 Å². The Hall–Kier alpha value is -2.51. The standard InChI is InChI=1S/C10H14N6O2/c1-17-8-4-3-7(5-9(8)18-2)6-12-16-10(11)13-14-15-16/h3-5,12H,6H2,1-2H3,(H2,11,13,15). The Bertz CT molecular complexity index is 527. The highest BCUT2D eigenvalue weighted by Gasteiger charge is 2.05. The van der Waals surface area contributed by atoms with Crippen LogP contribution in [0.3, 0.4) is 0 Å². The minimum atomic E-state index is 0.204. The van der Waals surface area contributed by atoms with Crippen LogP contribution in [0.25, 0.3) is 0 Å². The summed E-state index contributed by atoms with van der Waals surface area (Å²) in [5.74, 6) is 1.56. The first-order valence-electron chi connectivity index (χ1n) is 5.23. The van der Waals surface area contributed by atoms with E-state index in [9.17, 15) is 0 Å². The first-order valence-corrected chi connectivity index (χ1v) is 5.23. The van der Waals surface area contributed by atoms with E-state index in [-0.39, 0.29) is 5.95 Å². The highest BCUT2D eigenvalue weighted by molar-refractivity contribution is 5.43. The fourth-order valence-corrected chi connectivity index (χ4v) is 1.46. The Morgan fingerprint density at radius 2 is 2.06 bits per heavy atom. The van der Waals surface area contributed by atoms with Gasteiger partial charge in [-0.3, -0.25) is 0 Å². The van der Waals surface area contributed by atoms with E-state index in [1.807, 2.05) is 18.2 Å². The second-order valence-electron chi connectivity index (χ2n) is 3.47. The predicted molar refractivity (Wildman–Crippen MR) is 64.8 cm³/mol. The van der Waals surface area contributed by atoms with E-state index >= 15 is 0 Å². The van der Waals surface area contributed by atoms with Gasteiger partial charge in [-0.05, 0) is 28.1 Å². The highest BCUT2D eigenvalue weighted by atomic mass is 16.5. The Balaban J connectivity index is 2.08. The number of nitrogens with two attached hydrogens (primary N) is 1. The van der Waals surface area contributed by atoms with Crippen LogP contribution in [0.2, 0.25) is 0 Å². The number of hydrogen-bond donors (Lipinski definition) is 2. The summed E-state index contributed by atoms with van der Waals surface area (Å²) in [5.41, 5.74) is 9.47. The molecule has 18 heavy (non-hydrogen) atoms. The lowest BCUT2D eigenvalue weighted by Gasteiger charge is -2.10. The van der Waals surface area contributed by atoms with Crippen LogP contribution in [0.5, 0.6) is 11.5 Å². The van der Waals surface area contributed by atoms with Crippen LogP contribution in [-0.4, -0.2) is 34.5 Å². The molecule has 96 valence electrons. The van der Waals surface area contributed by atoms with E-state index in [2.05, 4.69) is 21.0 Å². The molecule has 0 aliphatic carbocycles. The fraction of sp³-hybridized carbons (Fsp3) is 0.300. The number of nitrogens with one attached hydrogen (secondary N) is 1. The monoisotopic (exact) mass is 250 g/mol. The smallest absolute Gasteiger partial charge is 0.260 e. The van der Waals surface area contributed by atoms with Crippen LogP contribution in [-0.2, 0) is 6.54 Å². The summed E-state index contributed by atoms with van der Waals surface area (Å²) in [6.45, 7) is 0.510. The molecule has 8 nitrogen and oxygen atoms in total. The Morgan fingerprint density at radius 3 is 2.67 bits per heavy atom. The normalized spacial score (nSPS) is 10.1. The third-order valence-electron chi connectivity index (χ3n) is 2.37. The maximum Gasteiger partial charge on any atom is 0.260 e. The molecule has 0 bridgehead atoms. The quantitative estimate of drug-likeness (QED) is 0.771. The van der Waals surface area contributed by atoms with Gasteiger partial charge in [-0.25, -0.2) is 0 Å². The zero-order valence-corrected chi connectivity index (χ0v) is 10.1. The second-order valence-corrected chi connectivity index (χ2v) is 3.47. The molecule has 0 saturated carbocycles. The van der Waals surface area contributed by atoms with E-state index < -0.39 is 0 Å². The lowest BCUT2D eigenvalue weighted by molar-refractivity contribution is 0.354. The molecule has 0 aliphatic heterocycles. The van der Waals surface area contributed by atoms with Crippen molar-refractivity contribution in [3.63, 3.8) is 0 Å². The van der Waals surface area contributed by atoms with Gasteiger partial charge in [0, 0.05) is 0 Å². The number of benzene rings is 1. The molecule has 0 unspecified atom stereocenters. The molecule has 0 aliphatic rings. The van der Waals surface area contributed by atoms with Crippen molar-refractivity contribution in [2.75, 3.05) is 25.4 Å². The number of tetrazole rings is 1. The summed E-state index contributed by atoms with van der Waals surface area (Å²) in [6, 6.07) is 5.61. The van der Waals surface area contributed by atoms with Gasteiger partial charge in [0.25, 0.3) is 5.95 Å². The minimum absolute atomic E-state index is 0.204. The Labute approximate surface area is 104 Å². The highest BCUT2D eigenvalue weighted by Crippen LogP contribution is 2.27. The Kier molecular flexibility index (Phi) is 3.46. The lowest BCUT2D eigenvalue weighted by atomic mass is 10.2. The zero-order valence-electron chi connectivity index (χ0n) is 10.1. The molecule has 3 N–H and O–H groups in total. The molecule has 2 aromatic rings. The van der Waals surface area contributed by atoms with Crippen molar-refractivity contribution in [1.82, 2.24) is 20.3 Å². The first kappa shape index (κ1) is 12.0. The maximum absolute atomic E-state index is 5.53. The summed E-state index contributed by atoms with van der Waals surface area (Å²) in [6.07, 6.45) is 0. The Morgan fingerprint density at radius 1 is 1.28 bits per heavy atom. The van der Waals surface area contributed by atoms with Crippen LogP contribution < -0.4 is 20.6 Å². The molecule has 1 aromatic carbocycles. The van der Waals surface area contributed by atoms with Gasteiger partial charge < -0.3 is 20.6 Å². The van der Waals surface area contributed by atoms with Gasteiger partial charge >= 0.3 is 0 Å². The number of methoxy groups -OCH3 is 2. The molecule has 1 heterocycles. The molecule has 1 aromatic heterocycles. The molecule has 0 atom stereocenters. The van der Waals surface area contributed by atoms with Crippen molar-refractivity contribution in [2.45, 2.75) is 6.54 Å². The summed E-state index contributed by atoms with van der Waals surface area (Å²) in [5, 5.41) is 10.7. The SMILES string of the molecule is COc1ccc(CNn2nnnc2N)cc1OC. The van der Waals surface area contributed by atoms with Crippen molar-refractivity contribution >= 4 is 5.95 Å². The average Bonchev–Trinajstić information content (AvgIpc) is 2.81. The molecular formula is C10H14N6O2. The summed E-state index contributed by atoms with van der Waals surface area (Å²) in [4.78, 5) is 1.30. The molecule has 0 radical (unpaired) electrons. The van der Waals surface area contributed by atoms with Gasteiger partial charge in [-0.2, -0.15) is 0 Å². The van der Waals surface area contributed by atoms with Crippen LogP contribution in [0, 0.1) is 0 Å². The minimum Gasteiger partial charge on any atom is -0.493 e. The third-order valence-corrected chi connectivity index (χ3v) is 2.37. The topological polar surface area (TPSA) is 100 Å². The van der Waals surface area contributed by atoms with Crippen LogP contribution in [0.1, 0.15) is 5.56 Å². The number of rotatable bonds is 5. The van der Waals surface area contributed by atoms with E-state index in [4.69, 9.17) is 15.2 Å². The number of nitrogens with zero attached hydrogens (tertiary/aromatic N) is 4. The van der Waals surface area contributed by atoms with Crippen molar-refractivity contribution in [3.05, 3.63) is 23.8 Å². The van der Waals surface area contributed by atoms with Crippen molar-refractivity contribution < 1.29 is 9.47 Å². The number of anilines is 1. The number of ether oxygens (including phenoxy) is 2. The van der Waals surface area contributed by atoms with Crippen LogP contribution in [0.4, 0.5) is 5.95 Å². The van der Waals surface area contributed by atoms with Gasteiger partial charge in [0.05, 0.1) is 20.8 Å². The molecule has 0 spiro atoms. The van der Waals surface area contributed by atoms with Gasteiger partial charge in [-0.15, -0.1) is 4.79 Å². The molecule has 0 fully saturated rings. The fourth-order valence-electron chi connectivity index (χ4n) is 1.46. The molecule has 2 rings (SSSR count). The zero-order chi connectivity index (χ0) is 13.0. The predicted octanol–water partition coefficient (Wildman–Crippen LogP) is 0.0162.